The van der Waals surface area contributed by atoms with Crippen LogP contribution >= 0.6 is 0 Å². The van der Waals surface area contributed by atoms with Gasteiger partial charge in [0.05, 0.1) is 17.7 Å². The third kappa shape index (κ3) is 3.34. The summed E-state index contributed by atoms with van der Waals surface area (Å²) in [6.45, 7) is 3.86. The van der Waals surface area contributed by atoms with E-state index < -0.39 is 6.10 Å². The molecule has 0 fully saturated rings. The molecule has 0 radical (unpaired) electrons. The number of ether oxygens (including phenoxy) is 1. The Morgan fingerprint density at radius 1 is 1.10 bits per heavy atom. The number of aliphatic hydroxyl groups excluding tert-OH is 1. The predicted molar refractivity (Wildman–Crippen MR) is 75.2 cm³/mol. The maximum absolute atomic E-state index is 10.3. The molecule has 0 aliphatic carbocycles. The number of pyridine rings is 1. The van der Waals surface area contributed by atoms with Gasteiger partial charge in [0.15, 0.2) is 0 Å². The topological polar surface area (TPSA) is 66.1 Å². The highest BCUT2D eigenvalue weighted by Gasteiger charge is 2.11. The third-order valence-corrected chi connectivity index (χ3v) is 2.79. The molecule has 0 aliphatic rings. The van der Waals surface area contributed by atoms with Gasteiger partial charge in [-0.25, -0.2) is 4.98 Å². The number of hydrogen-bond acceptors (Lipinski definition) is 4. The van der Waals surface area contributed by atoms with Crippen LogP contribution in [0.3, 0.4) is 0 Å². The number of aliphatic hydroxyl groups is 1. The lowest BCUT2D eigenvalue weighted by Crippen LogP contribution is -2.07. The Balaban J connectivity index is 2.15. The summed E-state index contributed by atoms with van der Waals surface area (Å²) in [5.74, 6) is 0.538. The summed E-state index contributed by atoms with van der Waals surface area (Å²) < 4.78 is 5.46. The maximum atomic E-state index is 10.3. The second-order valence-corrected chi connectivity index (χ2v) is 4.73. The minimum absolute atomic E-state index is 0.0665. The minimum Gasteiger partial charge on any atom is -0.475 e. The monoisotopic (exact) mass is 268 g/mol. The van der Waals surface area contributed by atoms with E-state index in [1.807, 2.05) is 19.9 Å². The van der Waals surface area contributed by atoms with Crippen LogP contribution in [-0.4, -0.2) is 16.2 Å². The van der Waals surface area contributed by atoms with Gasteiger partial charge in [-0.15, -0.1) is 0 Å². The molecule has 0 bridgehead atoms. The fourth-order valence-corrected chi connectivity index (χ4v) is 1.80. The molecule has 0 spiro atoms. The quantitative estimate of drug-likeness (QED) is 0.926. The molecule has 102 valence electrons. The molecule has 0 aliphatic heterocycles. The average molecular weight is 268 g/mol. The molecule has 0 saturated heterocycles. The first-order chi connectivity index (χ1) is 9.60. The number of nitrogens with zero attached hydrogens (tertiary/aromatic N) is 2. The molecule has 4 nitrogen and oxygen atoms in total. The van der Waals surface area contributed by atoms with E-state index >= 15 is 0 Å². The van der Waals surface area contributed by atoms with Crippen LogP contribution in [-0.2, 0) is 0 Å². The van der Waals surface area contributed by atoms with Gasteiger partial charge >= 0.3 is 0 Å². The summed E-state index contributed by atoms with van der Waals surface area (Å²) in [6, 6.07) is 12.4. The number of rotatable bonds is 4. The fourth-order valence-electron chi connectivity index (χ4n) is 1.80. The third-order valence-electron chi connectivity index (χ3n) is 2.79. The second-order valence-electron chi connectivity index (χ2n) is 4.73. The lowest BCUT2D eigenvalue weighted by Gasteiger charge is -2.13. The van der Waals surface area contributed by atoms with Gasteiger partial charge in [0.2, 0.25) is 5.88 Å². The van der Waals surface area contributed by atoms with Crippen molar-refractivity contribution in [2.24, 2.45) is 0 Å². The van der Waals surface area contributed by atoms with Gasteiger partial charge in [-0.1, -0.05) is 12.1 Å². The van der Waals surface area contributed by atoms with E-state index in [2.05, 4.69) is 4.98 Å². The molecule has 1 N–H and O–H groups in total. The summed E-state index contributed by atoms with van der Waals surface area (Å²) in [5.41, 5.74) is 1.98. The molecule has 0 amide bonds. The lowest BCUT2D eigenvalue weighted by atomic mass is 10.0. The van der Waals surface area contributed by atoms with Crippen LogP contribution in [0.2, 0.25) is 0 Å². The van der Waals surface area contributed by atoms with E-state index in [4.69, 9.17) is 10.00 Å². The van der Waals surface area contributed by atoms with E-state index in [1.165, 1.54) is 0 Å². The Labute approximate surface area is 118 Å². The zero-order chi connectivity index (χ0) is 14.5. The first kappa shape index (κ1) is 14.0. The molecule has 0 saturated carbocycles. The molecular formula is C16H16N2O2. The standard InChI is InChI=1S/C16H16N2O2/c1-11(2)20-15-8-7-14(10-18-15)16(19)13-5-3-12(9-17)4-6-13/h3-8,10-11,16,19H,1-2H3/t16-/m1/s1. The first-order valence-electron chi connectivity index (χ1n) is 6.41. The molecule has 1 atom stereocenters. The minimum atomic E-state index is -0.761. The van der Waals surface area contributed by atoms with Crippen molar-refractivity contribution in [3.63, 3.8) is 0 Å². The Morgan fingerprint density at radius 2 is 1.75 bits per heavy atom. The molecule has 2 aromatic rings. The number of aromatic nitrogens is 1. The van der Waals surface area contributed by atoms with Crippen molar-refractivity contribution in [3.05, 3.63) is 59.3 Å². The highest BCUT2D eigenvalue weighted by Crippen LogP contribution is 2.23. The maximum Gasteiger partial charge on any atom is 0.213 e. The molecule has 1 aromatic carbocycles. The zero-order valence-corrected chi connectivity index (χ0v) is 11.4. The van der Waals surface area contributed by atoms with Gasteiger partial charge in [-0.2, -0.15) is 5.26 Å². The summed E-state index contributed by atoms with van der Waals surface area (Å²) in [4.78, 5) is 4.16. The van der Waals surface area contributed by atoms with Crippen molar-refractivity contribution in [2.75, 3.05) is 0 Å². The Kier molecular flexibility index (Phi) is 4.34. The number of benzene rings is 1. The fraction of sp³-hybridized carbons (Fsp3) is 0.250. The van der Waals surface area contributed by atoms with Crippen molar-refractivity contribution in [1.29, 1.82) is 5.26 Å². The summed E-state index contributed by atoms with van der Waals surface area (Å²) in [6.07, 6.45) is 0.903. The van der Waals surface area contributed by atoms with Crippen molar-refractivity contribution in [2.45, 2.75) is 26.1 Å². The van der Waals surface area contributed by atoms with Crippen LogP contribution in [0, 0.1) is 11.3 Å². The first-order valence-corrected chi connectivity index (χ1v) is 6.41. The summed E-state index contributed by atoms with van der Waals surface area (Å²) >= 11 is 0. The highest BCUT2D eigenvalue weighted by atomic mass is 16.5. The summed E-state index contributed by atoms with van der Waals surface area (Å²) in [7, 11) is 0. The smallest absolute Gasteiger partial charge is 0.213 e. The van der Waals surface area contributed by atoms with E-state index in [0.29, 0.717) is 17.0 Å². The van der Waals surface area contributed by atoms with Crippen molar-refractivity contribution in [3.8, 4) is 11.9 Å². The van der Waals surface area contributed by atoms with Crippen molar-refractivity contribution < 1.29 is 9.84 Å². The normalized spacial score (nSPS) is 11.9. The van der Waals surface area contributed by atoms with Gasteiger partial charge in [0.1, 0.15) is 6.10 Å². The molecular weight excluding hydrogens is 252 g/mol. The average Bonchev–Trinajstić information content (AvgIpc) is 2.47. The van der Waals surface area contributed by atoms with Gasteiger partial charge in [-0.3, -0.25) is 0 Å². The second kappa shape index (κ2) is 6.18. The Morgan fingerprint density at radius 3 is 2.25 bits per heavy atom. The van der Waals surface area contributed by atoms with Crippen molar-refractivity contribution >= 4 is 0 Å². The van der Waals surface area contributed by atoms with E-state index in [9.17, 15) is 5.11 Å². The molecule has 2 rings (SSSR count). The summed E-state index contributed by atoms with van der Waals surface area (Å²) in [5, 5.41) is 19.0. The largest absolute Gasteiger partial charge is 0.475 e. The number of hydrogen-bond donors (Lipinski definition) is 1. The van der Waals surface area contributed by atoms with Crippen LogP contribution < -0.4 is 4.74 Å². The van der Waals surface area contributed by atoms with Gasteiger partial charge < -0.3 is 9.84 Å². The van der Waals surface area contributed by atoms with E-state index in [0.717, 1.165) is 5.56 Å². The van der Waals surface area contributed by atoms with Crippen LogP contribution in [0.25, 0.3) is 0 Å². The molecule has 20 heavy (non-hydrogen) atoms. The van der Waals surface area contributed by atoms with Crippen LogP contribution in [0.5, 0.6) is 5.88 Å². The van der Waals surface area contributed by atoms with Gasteiger partial charge in [0.25, 0.3) is 0 Å². The Hall–Kier alpha value is -2.38. The zero-order valence-electron chi connectivity index (χ0n) is 11.4. The van der Waals surface area contributed by atoms with Gasteiger partial charge in [-0.05, 0) is 37.6 Å². The highest BCUT2D eigenvalue weighted by molar-refractivity contribution is 5.36. The van der Waals surface area contributed by atoms with Crippen LogP contribution in [0.15, 0.2) is 42.6 Å². The SMILES string of the molecule is CC(C)Oc1ccc([C@H](O)c2ccc(C#N)cc2)cn1. The molecule has 1 heterocycles. The molecule has 0 unspecified atom stereocenters. The molecule has 1 aromatic heterocycles. The van der Waals surface area contributed by atoms with E-state index in [1.54, 1.807) is 42.6 Å². The molecule has 4 heteroatoms. The number of nitriles is 1. The Bertz CT molecular complexity index is 598. The van der Waals surface area contributed by atoms with Crippen LogP contribution in [0.1, 0.15) is 36.6 Å². The van der Waals surface area contributed by atoms with Crippen molar-refractivity contribution in [1.82, 2.24) is 4.98 Å². The predicted octanol–water partition coefficient (Wildman–Crippen LogP) is 2.82. The lowest BCUT2D eigenvalue weighted by molar-refractivity contribution is 0.217. The van der Waals surface area contributed by atoms with Crippen LogP contribution in [0.4, 0.5) is 0 Å². The van der Waals surface area contributed by atoms with Gasteiger partial charge in [0, 0.05) is 17.8 Å². The van der Waals surface area contributed by atoms with E-state index in [-0.39, 0.29) is 6.10 Å².